The SMILES string of the molecule is CCCC(=O)N1CCCC(C(=O)NCc2ccc(OCC(C)C)cc2)C1. The molecular weight excluding hydrogens is 328 g/mol. The van der Waals surface area contributed by atoms with E-state index in [-0.39, 0.29) is 17.7 Å². The highest BCUT2D eigenvalue weighted by atomic mass is 16.5. The third kappa shape index (κ3) is 6.36. The molecular formula is C21H32N2O3. The molecule has 0 aromatic heterocycles. The summed E-state index contributed by atoms with van der Waals surface area (Å²) >= 11 is 0. The molecule has 5 heteroatoms. The highest BCUT2D eigenvalue weighted by Gasteiger charge is 2.27. The van der Waals surface area contributed by atoms with Crippen LogP contribution in [0, 0.1) is 11.8 Å². The van der Waals surface area contributed by atoms with Crippen molar-refractivity contribution in [3.63, 3.8) is 0 Å². The van der Waals surface area contributed by atoms with Gasteiger partial charge in [-0.3, -0.25) is 9.59 Å². The van der Waals surface area contributed by atoms with E-state index in [4.69, 9.17) is 4.74 Å². The van der Waals surface area contributed by atoms with Crippen LogP contribution in [0.1, 0.15) is 52.0 Å². The van der Waals surface area contributed by atoms with Crippen molar-refractivity contribution >= 4 is 11.8 Å². The number of nitrogens with zero attached hydrogens (tertiary/aromatic N) is 1. The second-order valence-electron chi connectivity index (χ2n) is 7.50. The zero-order valence-electron chi connectivity index (χ0n) is 16.3. The summed E-state index contributed by atoms with van der Waals surface area (Å²) in [5.74, 6) is 1.46. The molecule has 5 nitrogen and oxygen atoms in total. The molecule has 1 saturated heterocycles. The van der Waals surface area contributed by atoms with E-state index in [9.17, 15) is 9.59 Å². The molecule has 26 heavy (non-hydrogen) atoms. The highest BCUT2D eigenvalue weighted by molar-refractivity contribution is 5.81. The third-order valence-electron chi connectivity index (χ3n) is 4.58. The highest BCUT2D eigenvalue weighted by Crippen LogP contribution is 2.18. The van der Waals surface area contributed by atoms with Gasteiger partial charge in [-0.2, -0.15) is 0 Å². The Kier molecular flexibility index (Phi) is 7.95. The van der Waals surface area contributed by atoms with Gasteiger partial charge in [0.15, 0.2) is 0 Å². The van der Waals surface area contributed by atoms with Crippen molar-refractivity contribution in [3.8, 4) is 5.75 Å². The number of likely N-dealkylation sites (tertiary alicyclic amines) is 1. The number of amides is 2. The first-order valence-electron chi connectivity index (χ1n) is 9.76. The summed E-state index contributed by atoms with van der Waals surface area (Å²) in [7, 11) is 0. The standard InChI is InChI=1S/C21H32N2O3/c1-4-6-20(24)23-12-5-7-18(14-23)21(25)22-13-17-8-10-19(11-9-17)26-15-16(2)3/h8-11,16,18H,4-7,12-15H2,1-3H3,(H,22,25). The summed E-state index contributed by atoms with van der Waals surface area (Å²) < 4.78 is 5.67. The lowest BCUT2D eigenvalue weighted by Crippen LogP contribution is -2.45. The van der Waals surface area contributed by atoms with Crippen molar-refractivity contribution in [2.24, 2.45) is 11.8 Å². The molecule has 1 atom stereocenters. The van der Waals surface area contributed by atoms with Crippen LogP contribution in [-0.2, 0) is 16.1 Å². The van der Waals surface area contributed by atoms with Gasteiger partial charge in [-0.05, 0) is 42.9 Å². The van der Waals surface area contributed by atoms with Crippen LogP contribution in [0.2, 0.25) is 0 Å². The molecule has 1 heterocycles. The monoisotopic (exact) mass is 360 g/mol. The molecule has 0 radical (unpaired) electrons. The maximum atomic E-state index is 12.5. The van der Waals surface area contributed by atoms with E-state index in [1.165, 1.54) is 0 Å². The van der Waals surface area contributed by atoms with Gasteiger partial charge in [-0.25, -0.2) is 0 Å². The van der Waals surface area contributed by atoms with Gasteiger partial charge in [0.1, 0.15) is 5.75 Å². The van der Waals surface area contributed by atoms with Crippen molar-refractivity contribution in [3.05, 3.63) is 29.8 Å². The lowest BCUT2D eigenvalue weighted by molar-refractivity contribution is -0.135. The molecule has 144 valence electrons. The summed E-state index contributed by atoms with van der Waals surface area (Å²) in [5.41, 5.74) is 1.05. The van der Waals surface area contributed by atoms with Gasteiger partial charge in [0.25, 0.3) is 0 Å². The lowest BCUT2D eigenvalue weighted by Gasteiger charge is -2.32. The van der Waals surface area contributed by atoms with Crippen molar-refractivity contribution in [1.29, 1.82) is 0 Å². The van der Waals surface area contributed by atoms with E-state index in [0.29, 0.717) is 32.0 Å². The molecule has 1 aliphatic heterocycles. The van der Waals surface area contributed by atoms with Crippen LogP contribution in [0.25, 0.3) is 0 Å². The first kappa shape index (κ1) is 20.3. The van der Waals surface area contributed by atoms with Gasteiger partial charge in [0.2, 0.25) is 11.8 Å². The minimum Gasteiger partial charge on any atom is -0.493 e. The molecule has 0 bridgehead atoms. The Balaban J connectivity index is 1.79. The molecule has 1 aromatic carbocycles. The van der Waals surface area contributed by atoms with Gasteiger partial charge in [0.05, 0.1) is 12.5 Å². The van der Waals surface area contributed by atoms with E-state index in [2.05, 4.69) is 19.2 Å². The summed E-state index contributed by atoms with van der Waals surface area (Å²) in [4.78, 5) is 26.4. The molecule has 0 spiro atoms. The Bertz CT molecular complexity index is 583. The molecule has 2 rings (SSSR count). The van der Waals surface area contributed by atoms with Crippen LogP contribution in [0.15, 0.2) is 24.3 Å². The Hall–Kier alpha value is -2.04. The molecule has 1 N–H and O–H groups in total. The van der Waals surface area contributed by atoms with Crippen LogP contribution in [0.5, 0.6) is 5.75 Å². The van der Waals surface area contributed by atoms with Gasteiger partial charge in [0, 0.05) is 26.1 Å². The second kappa shape index (κ2) is 10.2. The Labute approximate surface area is 157 Å². The number of ether oxygens (including phenoxy) is 1. The van der Waals surface area contributed by atoms with Gasteiger partial charge in [-0.15, -0.1) is 0 Å². The Morgan fingerprint density at radius 3 is 2.65 bits per heavy atom. The summed E-state index contributed by atoms with van der Waals surface area (Å²) in [6.07, 6.45) is 3.17. The zero-order valence-corrected chi connectivity index (χ0v) is 16.3. The molecule has 0 saturated carbocycles. The first-order chi connectivity index (χ1) is 12.5. The lowest BCUT2D eigenvalue weighted by atomic mass is 9.96. The normalized spacial score (nSPS) is 17.2. The van der Waals surface area contributed by atoms with E-state index in [1.807, 2.05) is 36.1 Å². The topological polar surface area (TPSA) is 58.6 Å². The van der Waals surface area contributed by atoms with Crippen LogP contribution >= 0.6 is 0 Å². The van der Waals surface area contributed by atoms with E-state index in [1.54, 1.807) is 0 Å². The maximum absolute atomic E-state index is 12.5. The molecule has 1 aliphatic rings. The van der Waals surface area contributed by atoms with Crippen LogP contribution < -0.4 is 10.1 Å². The van der Waals surface area contributed by atoms with Crippen molar-refractivity contribution < 1.29 is 14.3 Å². The van der Waals surface area contributed by atoms with Crippen molar-refractivity contribution in [2.45, 2.75) is 53.0 Å². The predicted molar refractivity (Wildman–Crippen MR) is 103 cm³/mol. The molecule has 1 aromatic rings. The van der Waals surface area contributed by atoms with Crippen LogP contribution in [0.4, 0.5) is 0 Å². The summed E-state index contributed by atoms with van der Waals surface area (Å²) in [6, 6.07) is 7.84. The molecule has 2 amide bonds. The van der Waals surface area contributed by atoms with Crippen molar-refractivity contribution in [2.75, 3.05) is 19.7 Å². The summed E-state index contributed by atoms with van der Waals surface area (Å²) in [5, 5.41) is 3.01. The van der Waals surface area contributed by atoms with E-state index in [0.717, 1.165) is 37.1 Å². The predicted octanol–water partition coefficient (Wildman–Crippen LogP) is 3.38. The number of benzene rings is 1. The zero-order chi connectivity index (χ0) is 18.9. The minimum absolute atomic E-state index is 0.0409. The van der Waals surface area contributed by atoms with Crippen molar-refractivity contribution in [1.82, 2.24) is 10.2 Å². The fourth-order valence-electron chi connectivity index (χ4n) is 3.09. The van der Waals surface area contributed by atoms with Gasteiger partial charge in [-0.1, -0.05) is 32.9 Å². The third-order valence-corrected chi connectivity index (χ3v) is 4.58. The number of carbonyl (C=O) groups excluding carboxylic acids is 2. The van der Waals surface area contributed by atoms with Crippen LogP contribution in [-0.4, -0.2) is 36.4 Å². The average Bonchev–Trinajstić information content (AvgIpc) is 2.65. The summed E-state index contributed by atoms with van der Waals surface area (Å²) in [6.45, 7) is 8.77. The van der Waals surface area contributed by atoms with Gasteiger partial charge >= 0.3 is 0 Å². The number of nitrogens with one attached hydrogen (secondary N) is 1. The molecule has 1 fully saturated rings. The van der Waals surface area contributed by atoms with Crippen LogP contribution in [0.3, 0.4) is 0 Å². The number of rotatable bonds is 8. The quantitative estimate of drug-likeness (QED) is 0.773. The number of hydrogen-bond donors (Lipinski definition) is 1. The number of carbonyl (C=O) groups is 2. The molecule has 0 aliphatic carbocycles. The molecule has 1 unspecified atom stereocenters. The Morgan fingerprint density at radius 1 is 1.27 bits per heavy atom. The Morgan fingerprint density at radius 2 is 2.00 bits per heavy atom. The fraction of sp³-hybridized carbons (Fsp3) is 0.619. The second-order valence-corrected chi connectivity index (χ2v) is 7.50. The largest absolute Gasteiger partial charge is 0.493 e. The van der Waals surface area contributed by atoms with Gasteiger partial charge < -0.3 is 15.0 Å². The number of hydrogen-bond acceptors (Lipinski definition) is 3. The maximum Gasteiger partial charge on any atom is 0.225 e. The smallest absolute Gasteiger partial charge is 0.225 e. The minimum atomic E-state index is -0.0989. The number of piperidine rings is 1. The van der Waals surface area contributed by atoms with E-state index < -0.39 is 0 Å². The van der Waals surface area contributed by atoms with E-state index >= 15 is 0 Å². The fourth-order valence-corrected chi connectivity index (χ4v) is 3.09. The first-order valence-corrected chi connectivity index (χ1v) is 9.76. The average molecular weight is 360 g/mol.